The fourth-order valence-corrected chi connectivity index (χ4v) is 3.95. The molecular formula is C24H17NO3S2. The van der Waals surface area contributed by atoms with Gasteiger partial charge in [-0.25, -0.2) is 0 Å². The predicted molar refractivity (Wildman–Crippen MR) is 123 cm³/mol. The van der Waals surface area contributed by atoms with E-state index in [0.29, 0.717) is 27.0 Å². The molecule has 4 nitrogen and oxygen atoms in total. The molecule has 148 valence electrons. The molecule has 3 aromatic carbocycles. The van der Waals surface area contributed by atoms with Crippen LogP contribution < -0.4 is 10.1 Å². The minimum atomic E-state index is -0.167. The highest BCUT2D eigenvalue weighted by Crippen LogP contribution is 2.26. The van der Waals surface area contributed by atoms with Gasteiger partial charge in [0.05, 0.1) is 4.91 Å². The van der Waals surface area contributed by atoms with Gasteiger partial charge in [-0.15, -0.1) is 0 Å². The van der Waals surface area contributed by atoms with Gasteiger partial charge in [-0.2, -0.15) is 0 Å². The number of carbonyl (C=O) groups excluding carboxylic acids is 2. The van der Waals surface area contributed by atoms with Crippen LogP contribution in [-0.4, -0.2) is 16.0 Å². The molecular weight excluding hydrogens is 414 g/mol. The van der Waals surface area contributed by atoms with Crippen LogP contribution in [0.15, 0.2) is 83.8 Å². The molecule has 1 aliphatic rings. The molecule has 0 saturated carbocycles. The summed E-state index contributed by atoms with van der Waals surface area (Å²) >= 11 is 6.25. The van der Waals surface area contributed by atoms with Crippen molar-refractivity contribution in [3.63, 3.8) is 0 Å². The van der Waals surface area contributed by atoms with E-state index in [2.05, 4.69) is 5.32 Å². The maximum absolute atomic E-state index is 12.5. The Kier molecular flexibility index (Phi) is 6.07. The number of carbonyl (C=O) groups is 2. The van der Waals surface area contributed by atoms with Crippen LogP contribution >= 0.6 is 24.0 Å². The molecule has 0 unspecified atom stereocenters. The second-order valence-electron chi connectivity index (χ2n) is 6.60. The first-order valence-corrected chi connectivity index (χ1v) is 10.5. The Morgan fingerprint density at radius 1 is 0.933 bits per heavy atom. The van der Waals surface area contributed by atoms with Gasteiger partial charge in [-0.3, -0.25) is 9.59 Å². The van der Waals surface area contributed by atoms with Crippen molar-refractivity contribution in [2.45, 2.75) is 6.61 Å². The summed E-state index contributed by atoms with van der Waals surface area (Å²) in [6, 6.07) is 24.1. The zero-order valence-corrected chi connectivity index (χ0v) is 17.5. The van der Waals surface area contributed by atoms with Crippen molar-refractivity contribution in [1.82, 2.24) is 5.32 Å². The summed E-state index contributed by atoms with van der Waals surface area (Å²) in [4.78, 5) is 24.8. The number of nitrogens with one attached hydrogen (secondary N) is 1. The van der Waals surface area contributed by atoms with Crippen molar-refractivity contribution in [1.29, 1.82) is 0 Å². The molecule has 0 atom stereocenters. The summed E-state index contributed by atoms with van der Waals surface area (Å²) in [5, 5.41) is 2.60. The molecule has 3 aromatic rings. The van der Waals surface area contributed by atoms with Gasteiger partial charge < -0.3 is 10.1 Å². The van der Waals surface area contributed by atoms with Crippen molar-refractivity contribution < 1.29 is 14.3 Å². The molecule has 1 aliphatic heterocycles. The average Bonchev–Trinajstić information content (AvgIpc) is 3.10. The largest absolute Gasteiger partial charge is 0.489 e. The number of hydrogen-bond acceptors (Lipinski definition) is 5. The van der Waals surface area contributed by atoms with Gasteiger partial charge in [-0.1, -0.05) is 90.7 Å². The normalized spacial score (nSPS) is 14.6. The number of ether oxygens (including phenoxy) is 1. The molecule has 0 radical (unpaired) electrons. The van der Waals surface area contributed by atoms with Gasteiger partial charge in [0.1, 0.15) is 16.7 Å². The third-order valence-corrected chi connectivity index (χ3v) is 5.64. The molecule has 0 spiro atoms. The van der Waals surface area contributed by atoms with Crippen molar-refractivity contribution in [3.05, 3.63) is 106 Å². The molecule has 1 saturated heterocycles. The maximum Gasteiger partial charge on any atom is 0.263 e. The number of amides is 1. The number of rotatable bonds is 6. The van der Waals surface area contributed by atoms with E-state index in [-0.39, 0.29) is 11.7 Å². The topological polar surface area (TPSA) is 55.4 Å². The second-order valence-corrected chi connectivity index (χ2v) is 8.32. The highest BCUT2D eigenvalue weighted by molar-refractivity contribution is 8.26. The number of benzene rings is 3. The first-order chi connectivity index (χ1) is 14.6. The van der Waals surface area contributed by atoms with Crippen LogP contribution in [0.5, 0.6) is 5.75 Å². The van der Waals surface area contributed by atoms with Gasteiger partial charge in [0.25, 0.3) is 5.91 Å². The van der Waals surface area contributed by atoms with Crippen molar-refractivity contribution in [3.8, 4) is 5.75 Å². The van der Waals surface area contributed by atoms with E-state index in [1.54, 1.807) is 6.08 Å². The molecule has 1 N–H and O–H groups in total. The van der Waals surface area contributed by atoms with Gasteiger partial charge in [0.2, 0.25) is 0 Å². The maximum atomic E-state index is 12.5. The number of thioether (sulfide) groups is 1. The lowest BCUT2D eigenvalue weighted by Gasteiger charge is -2.08. The molecule has 1 heterocycles. The molecule has 1 amide bonds. The lowest BCUT2D eigenvalue weighted by molar-refractivity contribution is -0.115. The molecule has 0 aromatic heterocycles. The van der Waals surface area contributed by atoms with Crippen molar-refractivity contribution >= 4 is 46.1 Å². The van der Waals surface area contributed by atoms with Crippen LogP contribution in [0, 0.1) is 0 Å². The van der Waals surface area contributed by atoms with Crippen molar-refractivity contribution in [2.24, 2.45) is 0 Å². The SMILES string of the molecule is O=C1NC(=S)S/C1=C/c1ccc(OCc2ccc(C(=O)c3ccccc3)cc2)cc1. The summed E-state index contributed by atoms with van der Waals surface area (Å²) in [6.45, 7) is 0.396. The zero-order chi connectivity index (χ0) is 20.9. The van der Waals surface area contributed by atoms with E-state index in [1.165, 1.54) is 11.8 Å². The van der Waals surface area contributed by atoms with E-state index in [4.69, 9.17) is 17.0 Å². The Hall–Kier alpha value is -3.22. The lowest BCUT2D eigenvalue weighted by Crippen LogP contribution is -2.17. The van der Waals surface area contributed by atoms with Crippen LogP contribution in [0.2, 0.25) is 0 Å². The summed E-state index contributed by atoms with van der Waals surface area (Å²) in [7, 11) is 0. The molecule has 6 heteroatoms. The fraction of sp³-hybridized carbons (Fsp3) is 0.0417. The third-order valence-electron chi connectivity index (χ3n) is 4.48. The molecule has 1 fully saturated rings. The van der Waals surface area contributed by atoms with Crippen LogP contribution in [0.3, 0.4) is 0 Å². The Bertz CT molecular complexity index is 1120. The standard InChI is InChI=1S/C24H17NO3S2/c26-22(18-4-2-1-3-5-18)19-10-6-17(7-11-19)15-28-20-12-8-16(9-13-20)14-21-23(27)25-24(29)30-21/h1-14H,15H2,(H,25,27,29)/b21-14+. The first kappa shape index (κ1) is 20.1. The first-order valence-electron chi connectivity index (χ1n) is 9.25. The Labute approximate surface area is 184 Å². The third kappa shape index (κ3) is 4.84. The van der Waals surface area contributed by atoms with E-state index in [9.17, 15) is 9.59 Å². The number of ketones is 1. The van der Waals surface area contributed by atoms with E-state index in [1.807, 2.05) is 78.9 Å². The number of hydrogen-bond donors (Lipinski definition) is 1. The van der Waals surface area contributed by atoms with Crippen molar-refractivity contribution in [2.75, 3.05) is 0 Å². The highest BCUT2D eigenvalue weighted by Gasteiger charge is 2.21. The van der Waals surface area contributed by atoms with Crippen LogP contribution in [0.4, 0.5) is 0 Å². The predicted octanol–water partition coefficient (Wildman–Crippen LogP) is 4.99. The molecule has 0 bridgehead atoms. The van der Waals surface area contributed by atoms with Gasteiger partial charge in [0.15, 0.2) is 5.78 Å². The average molecular weight is 432 g/mol. The summed E-state index contributed by atoms with van der Waals surface area (Å²) in [6.07, 6.45) is 1.80. The summed E-state index contributed by atoms with van der Waals surface area (Å²) < 4.78 is 6.30. The Morgan fingerprint density at radius 2 is 1.60 bits per heavy atom. The minimum absolute atomic E-state index is 0.00245. The Morgan fingerprint density at radius 3 is 2.23 bits per heavy atom. The van der Waals surface area contributed by atoms with Gasteiger partial charge >= 0.3 is 0 Å². The number of thiocarbonyl (C=S) groups is 1. The monoisotopic (exact) mass is 431 g/mol. The highest BCUT2D eigenvalue weighted by atomic mass is 32.2. The summed E-state index contributed by atoms with van der Waals surface area (Å²) in [5.41, 5.74) is 3.19. The van der Waals surface area contributed by atoms with E-state index >= 15 is 0 Å². The smallest absolute Gasteiger partial charge is 0.263 e. The molecule has 30 heavy (non-hydrogen) atoms. The van der Waals surface area contributed by atoms with E-state index < -0.39 is 0 Å². The second kappa shape index (κ2) is 9.07. The van der Waals surface area contributed by atoms with Crippen LogP contribution in [-0.2, 0) is 11.4 Å². The van der Waals surface area contributed by atoms with E-state index in [0.717, 1.165) is 16.9 Å². The zero-order valence-electron chi connectivity index (χ0n) is 15.8. The molecule has 0 aliphatic carbocycles. The van der Waals surface area contributed by atoms with Gasteiger partial charge in [-0.05, 0) is 29.3 Å². The Balaban J connectivity index is 1.36. The molecule has 4 rings (SSSR count). The fourth-order valence-electron chi connectivity index (χ4n) is 2.91. The lowest BCUT2D eigenvalue weighted by atomic mass is 10.0. The van der Waals surface area contributed by atoms with Crippen LogP contribution in [0.25, 0.3) is 6.08 Å². The van der Waals surface area contributed by atoms with Crippen LogP contribution in [0.1, 0.15) is 27.0 Å². The quantitative estimate of drug-likeness (QED) is 0.339. The summed E-state index contributed by atoms with van der Waals surface area (Å²) in [5.74, 6) is 0.558. The van der Waals surface area contributed by atoms with Gasteiger partial charge in [0, 0.05) is 11.1 Å². The minimum Gasteiger partial charge on any atom is -0.489 e.